The van der Waals surface area contributed by atoms with Gasteiger partial charge in [-0.2, -0.15) is 18.3 Å². The lowest BCUT2D eigenvalue weighted by molar-refractivity contribution is -0.138. The molecule has 2 aromatic rings. The van der Waals surface area contributed by atoms with Crippen molar-refractivity contribution in [2.24, 2.45) is 0 Å². The lowest BCUT2D eigenvalue weighted by Crippen LogP contribution is -2.20. The molecule has 1 aromatic carbocycles. The van der Waals surface area contributed by atoms with Crippen molar-refractivity contribution in [3.63, 3.8) is 0 Å². The first-order valence-electron chi connectivity index (χ1n) is 6.63. The molecule has 122 valence electrons. The van der Waals surface area contributed by atoms with Gasteiger partial charge in [-0.1, -0.05) is 23.7 Å². The second-order valence-electron chi connectivity index (χ2n) is 4.61. The Kier molecular flexibility index (Phi) is 4.89. The maximum atomic E-state index is 13.6. The standard InChI is InChI=1S/C15H12ClF3N2O2/c1-3-23-14(22)11-8(2)20-21-13(12(11)15(17,18)19)9-4-6-10(16)7-5-9/h4-7H,3H2,1-2H3. The number of esters is 1. The molecule has 0 atom stereocenters. The number of hydrogen-bond donors (Lipinski definition) is 0. The van der Waals surface area contributed by atoms with Gasteiger partial charge in [0.2, 0.25) is 0 Å². The van der Waals surface area contributed by atoms with Gasteiger partial charge in [0.15, 0.2) is 0 Å². The van der Waals surface area contributed by atoms with Crippen LogP contribution in [0.5, 0.6) is 0 Å². The molecule has 0 spiro atoms. The van der Waals surface area contributed by atoms with Gasteiger partial charge >= 0.3 is 12.1 Å². The molecule has 1 heterocycles. The van der Waals surface area contributed by atoms with Crippen molar-refractivity contribution in [2.45, 2.75) is 20.0 Å². The van der Waals surface area contributed by atoms with Crippen LogP contribution < -0.4 is 0 Å². The van der Waals surface area contributed by atoms with E-state index in [9.17, 15) is 18.0 Å². The molecule has 0 saturated carbocycles. The van der Waals surface area contributed by atoms with E-state index < -0.39 is 29.0 Å². The van der Waals surface area contributed by atoms with Crippen LogP contribution in [0.2, 0.25) is 5.02 Å². The van der Waals surface area contributed by atoms with Crippen LogP contribution in [0.1, 0.15) is 28.5 Å². The number of carbonyl (C=O) groups is 1. The zero-order chi connectivity index (χ0) is 17.2. The van der Waals surface area contributed by atoms with Gasteiger partial charge < -0.3 is 4.74 Å². The smallest absolute Gasteiger partial charge is 0.419 e. The van der Waals surface area contributed by atoms with Gasteiger partial charge in [-0.05, 0) is 26.0 Å². The van der Waals surface area contributed by atoms with E-state index >= 15 is 0 Å². The Morgan fingerprint density at radius 1 is 1.22 bits per heavy atom. The van der Waals surface area contributed by atoms with Crippen molar-refractivity contribution in [1.29, 1.82) is 0 Å². The topological polar surface area (TPSA) is 52.1 Å². The van der Waals surface area contributed by atoms with Crippen LogP contribution in [0.3, 0.4) is 0 Å². The molecule has 8 heteroatoms. The molecule has 0 aliphatic carbocycles. The van der Waals surface area contributed by atoms with Crippen molar-refractivity contribution in [3.05, 3.63) is 46.1 Å². The number of benzene rings is 1. The summed E-state index contributed by atoms with van der Waals surface area (Å²) in [5.41, 5.74) is -2.22. The van der Waals surface area contributed by atoms with Crippen LogP contribution in [0, 0.1) is 6.92 Å². The van der Waals surface area contributed by atoms with E-state index in [1.165, 1.54) is 38.1 Å². The SMILES string of the molecule is CCOC(=O)c1c(C)nnc(-c2ccc(Cl)cc2)c1C(F)(F)F. The highest BCUT2D eigenvalue weighted by molar-refractivity contribution is 6.30. The lowest BCUT2D eigenvalue weighted by atomic mass is 10.00. The lowest BCUT2D eigenvalue weighted by Gasteiger charge is -2.17. The molecule has 0 saturated heterocycles. The second kappa shape index (κ2) is 6.54. The first-order valence-corrected chi connectivity index (χ1v) is 7.01. The van der Waals surface area contributed by atoms with E-state index in [0.717, 1.165) is 0 Å². The second-order valence-corrected chi connectivity index (χ2v) is 5.05. The van der Waals surface area contributed by atoms with Gasteiger partial charge in [0.25, 0.3) is 0 Å². The minimum Gasteiger partial charge on any atom is -0.462 e. The van der Waals surface area contributed by atoms with Gasteiger partial charge in [-0.25, -0.2) is 4.79 Å². The Morgan fingerprint density at radius 3 is 2.35 bits per heavy atom. The molecule has 0 radical (unpaired) electrons. The summed E-state index contributed by atoms with van der Waals surface area (Å²) in [5, 5.41) is 7.67. The maximum Gasteiger partial charge on any atom is 0.419 e. The molecule has 23 heavy (non-hydrogen) atoms. The summed E-state index contributed by atoms with van der Waals surface area (Å²) in [6.45, 7) is 2.74. The number of carbonyl (C=O) groups excluding carboxylic acids is 1. The number of nitrogens with zero attached hydrogens (tertiary/aromatic N) is 2. The van der Waals surface area contributed by atoms with Crippen LogP contribution in [0.25, 0.3) is 11.3 Å². The van der Waals surface area contributed by atoms with Crippen LogP contribution in [-0.2, 0) is 10.9 Å². The third-order valence-electron chi connectivity index (χ3n) is 3.03. The Balaban J connectivity index is 2.75. The third-order valence-corrected chi connectivity index (χ3v) is 3.28. The highest BCUT2D eigenvalue weighted by atomic mass is 35.5. The average molecular weight is 345 g/mol. The van der Waals surface area contributed by atoms with Crippen LogP contribution in [-0.4, -0.2) is 22.8 Å². The average Bonchev–Trinajstić information content (AvgIpc) is 2.47. The Labute approximate surface area is 135 Å². The Bertz CT molecular complexity index is 731. The van der Waals surface area contributed by atoms with Crippen molar-refractivity contribution < 1.29 is 22.7 Å². The zero-order valence-electron chi connectivity index (χ0n) is 12.2. The molecule has 0 fully saturated rings. The van der Waals surface area contributed by atoms with Gasteiger partial charge in [0, 0.05) is 10.6 Å². The molecule has 1 aromatic heterocycles. The largest absolute Gasteiger partial charge is 0.462 e. The minimum absolute atomic E-state index is 0.0474. The number of rotatable bonds is 3. The van der Waals surface area contributed by atoms with E-state index in [-0.39, 0.29) is 17.9 Å². The number of hydrogen-bond acceptors (Lipinski definition) is 4. The normalized spacial score (nSPS) is 11.4. The highest BCUT2D eigenvalue weighted by Crippen LogP contribution is 2.39. The van der Waals surface area contributed by atoms with E-state index in [2.05, 4.69) is 10.2 Å². The van der Waals surface area contributed by atoms with Crippen molar-refractivity contribution in [3.8, 4) is 11.3 Å². The summed E-state index contributed by atoms with van der Waals surface area (Å²) in [5.74, 6) is -1.08. The first-order chi connectivity index (χ1) is 10.8. The van der Waals surface area contributed by atoms with Gasteiger partial charge in [-0.15, -0.1) is 5.10 Å². The fourth-order valence-corrected chi connectivity index (χ4v) is 2.19. The highest BCUT2D eigenvalue weighted by Gasteiger charge is 2.41. The molecular formula is C15H12ClF3N2O2. The third kappa shape index (κ3) is 3.61. The number of halogens is 4. The van der Waals surface area contributed by atoms with Gasteiger partial charge in [-0.3, -0.25) is 0 Å². The molecule has 0 unspecified atom stereocenters. The quantitative estimate of drug-likeness (QED) is 0.779. The van der Waals surface area contributed by atoms with E-state index in [0.29, 0.717) is 5.02 Å². The first kappa shape index (κ1) is 17.2. The van der Waals surface area contributed by atoms with Gasteiger partial charge in [0.05, 0.1) is 17.9 Å². The predicted octanol–water partition coefficient (Wildman–Crippen LogP) is 4.30. The van der Waals surface area contributed by atoms with E-state index in [1.807, 2.05) is 0 Å². The minimum atomic E-state index is -4.79. The van der Waals surface area contributed by atoms with Crippen LogP contribution in [0.4, 0.5) is 13.2 Å². The molecule has 0 N–H and O–H groups in total. The summed E-state index contributed by atoms with van der Waals surface area (Å²) in [4.78, 5) is 12.0. The summed E-state index contributed by atoms with van der Waals surface area (Å²) >= 11 is 5.74. The maximum absolute atomic E-state index is 13.6. The number of aromatic nitrogens is 2. The van der Waals surface area contributed by atoms with Crippen molar-refractivity contribution in [2.75, 3.05) is 6.61 Å². The van der Waals surface area contributed by atoms with Crippen molar-refractivity contribution in [1.82, 2.24) is 10.2 Å². The summed E-state index contributed by atoms with van der Waals surface area (Å²) in [6, 6.07) is 5.63. The van der Waals surface area contributed by atoms with Gasteiger partial charge in [0.1, 0.15) is 11.3 Å². The Hall–Kier alpha value is -2.15. The molecule has 4 nitrogen and oxygen atoms in total. The predicted molar refractivity (Wildman–Crippen MR) is 78.2 cm³/mol. The summed E-state index contributed by atoms with van der Waals surface area (Å²) < 4.78 is 45.4. The fraction of sp³-hybridized carbons (Fsp3) is 0.267. The van der Waals surface area contributed by atoms with E-state index in [4.69, 9.17) is 16.3 Å². The number of alkyl halides is 3. The molecule has 0 aliphatic rings. The number of aryl methyl sites for hydroxylation is 1. The summed E-state index contributed by atoms with van der Waals surface area (Å²) in [6.07, 6.45) is -4.79. The fourth-order valence-electron chi connectivity index (χ4n) is 2.06. The van der Waals surface area contributed by atoms with Crippen molar-refractivity contribution >= 4 is 17.6 Å². The monoisotopic (exact) mass is 344 g/mol. The molecule has 0 amide bonds. The van der Waals surface area contributed by atoms with Crippen LogP contribution in [0.15, 0.2) is 24.3 Å². The van der Waals surface area contributed by atoms with Crippen LogP contribution >= 0.6 is 11.6 Å². The number of ether oxygens (including phenoxy) is 1. The zero-order valence-corrected chi connectivity index (χ0v) is 13.0. The molecule has 0 aliphatic heterocycles. The Morgan fingerprint density at radius 2 is 1.83 bits per heavy atom. The molecule has 0 bridgehead atoms. The van der Waals surface area contributed by atoms with E-state index in [1.54, 1.807) is 0 Å². The molecule has 2 rings (SSSR count). The molecular weight excluding hydrogens is 333 g/mol. The summed E-state index contributed by atoms with van der Waals surface area (Å²) in [7, 11) is 0.